The number of carbonyl (C=O) groups excluding carboxylic acids is 1. The molecule has 0 aliphatic rings. The van der Waals surface area contributed by atoms with Gasteiger partial charge in [0.05, 0.1) is 12.0 Å². The van der Waals surface area contributed by atoms with Crippen LogP contribution in [0.2, 0.25) is 0 Å². The Hall–Kier alpha value is -2.38. The Bertz CT molecular complexity index is 802. The van der Waals surface area contributed by atoms with Crippen molar-refractivity contribution in [3.63, 3.8) is 0 Å². The summed E-state index contributed by atoms with van der Waals surface area (Å²) in [5.74, 6) is -0.480. The van der Waals surface area contributed by atoms with Crippen molar-refractivity contribution >= 4 is 16.0 Å². The van der Waals surface area contributed by atoms with Gasteiger partial charge in [-0.3, -0.25) is 0 Å². The summed E-state index contributed by atoms with van der Waals surface area (Å²) in [5, 5.41) is 5.09. The minimum absolute atomic E-state index is 0.00167. The van der Waals surface area contributed by atoms with Gasteiger partial charge >= 0.3 is 5.97 Å². The van der Waals surface area contributed by atoms with Gasteiger partial charge in [0, 0.05) is 0 Å². The first-order valence-corrected chi connectivity index (χ1v) is 8.34. The van der Waals surface area contributed by atoms with Crippen LogP contribution in [0.15, 0.2) is 53.4 Å². The van der Waals surface area contributed by atoms with Gasteiger partial charge in [-0.1, -0.05) is 30.3 Å². The van der Waals surface area contributed by atoms with Crippen molar-refractivity contribution in [1.29, 1.82) is 0 Å². The number of rotatable bonds is 5. The van der Waals surface area contributed by atoms with Crippen molar-refractivity contribution in [3.05, 3.63) is 59.7 Å². The highest BCUT2D eigenvalue weighted by atomic mass is 32.2. The third kappa shape index (κ3) is 4.08. The Balaban J connectivity index is 2.31. The third-order valence-electron chi connectivity index (χ3n) is 3.27. The molecule has 1 atom stereocenters. The molecule has 0 bridgehead atoms. The van der Waals surface area contributed by atoms with Crippen molar-refractivity contribution < 1.29 is 22.7 Å². The normalized spacial score (nSPS) is 12.5. The highest BCUT2D eigenvalue weighted by molar-refractivity contribution is 7.89. The fraction of sp³-hybridized carbons (Fsp3) is 0.188. The van der Waals surface area contributed by atoms with Crippen molar-refractivity contribution in [1.82, 2.24) is 0 Å². The standard InChI is InChI=1S/C16H17NO5S/c1-11(12-6-4-3-5-7-12)22-16(18)14-10-13(23(17,19)20)8-9-15(14)21-2/h3-11H,1-2H3,(H2,17,19,20). The van der Waals surface area contributed by atoms with E-state index in [1.54, 1.807) is 6.92 Å². The smallest absolute Gasteiger partial charge is 0.342 e. The molecule has 0 saturated carbocycles. The Morgan fingerprint density at radius 3 is 2.35 bits per heavy atom. The maximum absolute atomic E-state index is 12.3. The largest absolute Gasteiger partial charge is 0.496 e. The minimum Gasteiger partial charge on any atom is -0.496 e. The van der Waals surface area contributed by atoms with E-state index in [2.05, 4.69) is 0 Å². The summed E-state index contributed by atoms with van der Waals surface area (Å²) in [6, 6.07) is 13.0. The van der Waals surface area contributed by atoms with Crippen LogP contribution in [0.5, 0.6) is 5.75 Å². The van der Waals surface area contributed by atoms with Gasteiger partial charge in [0.2, 0.25) is 10.0 Å². The van der Waals surface area contributed by atoms with E-state index in [1.165, 1.54) is 19.2 Å². The van der Waals surface area contributed by atoms with Crippen LogP contribution in [0.3, 0.4) is 0 Å². The molecule has 0 radical (unpaired) electrons. The molecule has 6 nitrogen and oxygen atoms in total. The second-order valence-corrected chi connectivity index (χ2v) is 6.43. The Kier molecular flexibility index (Phi) is 5.02. The molecule has 7 heteroatoms. The van der Waals surface area contributed by atoms with Crippen LogP contribution in [-0.4, -0.2) is 21.5 Å². The number of carbonyl (C=O) groups is 1. The number of methoxy groups -OCH3 is 1. The fourth-order valence-electron chi connectivity index (χ4n) is 2.04. The first-order chi connectivity index (χ1) is 10.8. The lowest BCUT2D eigenvalue weighted by molar-refractivity contribution is 0.0334. The van der Waals surface area contributed by atoms with Gasteiger partial charge in [-0.15, -0.1) is 0 Å². The molecular formula is C16H17NO5S. The van der Waals surface area contributed by atoms with Crippen molar-refractivity contribution in [2.24, 2.45) is 5.14 Å². The van der Waals surface area contributed by atoms with Crippen LogP contribution in [-0.2, 0) is 14.8 Å². The van der Waals surface area contributed by atoms with Gasteiger partial charge in [-0.05, 0) is 30.7 Å². The molecule has 2 aromatic rings. The average Bonchev–Trinajstić information content (AvgIpc) is 2.54. The van der Waals surface area contributed by atoms with Gasteiger partial charge in [-0.25, -0.2) is 18.4 Å². The van der Waals surface area contributed by atoms with Gasteiger partial charge in [-0.2, -0.15) is 0 Å². The summed E-state index contributed by atoms with van der Waals surface area (Å²) in [7, 11) is -2.55. The monoisotopic (exact) mass is 335 g/mol. The van der Waals surface area contributed by atoms with E-state index in [1.807, 2.05) is 30.3 Å². The number of ether oxygens (including phenoxy) is 2. The van der Waals surface area contributed by atoms with Crippen LogP contribution in [0.4, 0.5) is 0 Å². The van der Waals surface area contributed by atoms with Crippen LogP contribution < -0.4 is 9.88 Å². The summed E-state index contributed by atoms with van der Waals surface area (Å²) >= 11 is 0. The zero-order valence-electron chi connectivity index (χ0n) is 12.7. The van der Waals surface area contributed by atoms with E-state index in [0.717, 1.165) is 11.6 Å². The second kappa shape index (κ2) is 6.80. The molecule has 0 aliphatic carbocycles. The SMILES string of the molecule is COc1ccc(S(N)(=O)=O)cc1C(=O)OC(C)c1ccccc1. The number of nitrogens with two attached hydrogens (primary N) is 1. The number of hydrogen-bond donors (Lipinski definition) is 1. The molecule has 2 rings (SSSR count). The highest BCUT2D eigenvalue weighted by Crippen LogP contribution is 2.25. The molecular weight excluding hydrogens is 318 g/mol. The van der Waals surface area contributed by atoms with E-state index >= 15 is 0 Å². The molecule has 1 unspecified atom stereocenters. The molecule has 0 aliphatic heterocycles. The molecule has 0 aromatic heterocycles. The Morgan fingerprint density at radius 2 is 1.78 bits per heavy atom. The second-order valence-electron chi connectivity index (χ2n) is 4.87. The number of hydrogen-bond acceptors (Lipinski definition) is 5. The lowest BCUT2D eigenvalue weighted by Gasteiger charge is -2.15. The van der Waals surface area contributed by atoms with Crippen LogP contribution in [0.25, 0.3) is 0 Å². The summed E-state index contributed by atoms with van der Waals surface area (Å²) in [6.07, 6.45) is -0.494. The Labute approximate surface area is 134 Å². The summed E-state index contributed by atoms with van der Waals surface area (Å²) in [6.45, 7) is 1.73. The topological polar surface area (TPSA) is 95.7 Å². The maximum atomic E-state index is 12.3. The summed E-state index contributed by atoms with van der Waals surface area (Å²) in [4.78, 5) is 12.2. The number of esters is 1. The van der Waals surface area contributed by atoms with Crippen molar-refractivity contribution in [2.75, 3.05) is 7.11 Å². The van der Waals surface area contributed by atoms with E-state index in [4.69, 9.17) is 14.6 Å². The zero-order valence-corrected chi connectivity index (χ0v) is 13.5. The maximum Gasteiger partial charge on any atom is 0.342 e. The molecule has 23 heavy (non-hydrogen) atoms. The first kappa shape index (κ1) is 17.0. The molecule has 0 fully saturated rings. The molecule has 0 heterocycles. The predicted octanol–water partition coefficient (Wildman–Crippen LogP) is 2.26. The molecule has 0 saturated heterocycles. The first-order valence-electron chi connectivity index (χ1n) is 6.79. The highest BCUT2D eigenvalue weighted by Gasteiger charge is 2.20. The van der Waals surface area contributed by atoms with Crippen LogP contribution in [0, 0.1) is 0 Å². The van der Waals surface area contributed by atoms with Gasteiger partial charge < -0.3 is 9.47 Å². The fourth-order valence-corrected chi connectivity index (χ4v) is 2.58. The molecule has 122 valence electrons. The van der Waals surface area contributed by atoms with Gasteiger partial charge in [0.25, 0.3) is 0 Å². The van der Waals surface area contributed by atoms with Crippen LogP contribution >= 0.6 is 0 Å². The van der Waals surface area contributed by atoms with Crippen LogP contribution in [0.1, 0.15) is 28.9 Å². The lowest BCUT2D eigenvalue weighted by Crippen LogP contribution is -2.15. The summed E-state index contributed by atoms with van der Waals surface area (Å²) in [5.41, 5.74) is 0.823. The van der Waals surface area contributed by atoms with E-state index in [-0.39, 0.29) is 16.2 Å². The average molecular weight is 335 g/mol. The van der Waals surface area contributed by atoms with Gasteiger partial charge in [0.1, 0.15) is 17.4 Å². The quantitative estimate of drug-likeness (QED) is 0.846. The number of sulfonamides is 1. The van der Waals surface area contributed by atoms with E-state index < -0.39 is 22.1 Å². The molecule has 0 amide bonds. The number of benzene rings is 2. The van der Waals surface area contributed by atoms with Crippen molar-refractivity contribution in [2.45, 2.75) is 17.9 Å². The lowest BCUT2D eigenvalue weighted by atomic mass is 10.1. The minimum atomic E-state index is -3.93. The molecule has 2 aromatic carbocycles. The Morgan fingerprint density at radius 1 is 1.13 bits per heavy atom. The number of primary sulfonamides is 1. The van der Waals surface area contributed by atoms with Gasteiger partial charge in [0.15, 0.2) is 0 Å². The summed E-state index contributed by atoms with van der Waals surface area (Å²) < 4.78 is 33.3. The molecule has 2 N–H and O–H groups in total. The predicted molar refractivity (Wildman–Crippen MR) is 84.6 cm³/mol. The van der Waals surface area contributed by atoms with E-state index in [0.29, 0.717) is 0 Å². The van der Waals surface area contributed by atoms with E-state index in [9.17, 15) is 13.2 Å². The van der Waals surface area contributed by atoms with Crippen molar-refractivity contribution in [3.8, 4) is 5.75 Å². The third-order valence-corrected chi connectivity index (χ3v) is 4.18. The molecule has 0 spiro atoms. The zero-order chi connectivity index (χ0) is 17.0.